The predicted octanol–water partition coefficient (Wildman–Crippen LogP) is 2.68. The van der Waals surface area contributed by atoms with Crippen molar-refractivity contribution >= 4 is 17.5 Å². The molecule has 1 fully saturated rings. The van der Waals surface area contributed by atoms with Gasteiger partial charge < -0.3 is 14.8 Å². The highest BCUT2D eigenvalue weighted by molar-refractivity contribution is 6.28. The van der Waals surface area contributed by atoms with Gasteiger partial charge in [-0.1, -0.05) is 6.92 Å². The van der Waals surface area contributed by atoms with Gasteiger partial charge in [-0.25, -0.2) is 0 Å². The maximum Gasteiger partial charge on any atom is 0.322 e. The van der Waals surface area contributed by atoms with Crippen molar-refractivity contribution in [3.05, 3.63) is 5.28 Å². The van der Waals surface area contributed by atoms with E-state index in [4.69, 9.17) is 21.1 Å². The van der Waals surface area contributed by atoms with Crippen LogP contribution in [0.1, 0.15) is 40.0 Å². The van der Waals surface area contributed by atoms with Crippen molar-refractivity contribution in [1.29, 1.82) is 0 Å². The van der Waals surface area contributed by atoms with Crippen LogP contribution in [0.2, 0.25) is 5.28 Å². The minimum atomic E-state index is 0.0474. The first-order valence-corrected chi connectivity index (χ1v) is 7.42. The van der Waals surface area contributed by atoms with Gasteiger partial charge in [0.15, 0.2) is 0 Å². The Balaban J connectivity index is 2.02. The molecule has 1 aromatic heterocycles. The van der Waals surface area contributed by atoms with Crippen LogP contribution in [-0.4, -0.2) is 39.8 Å². The van der Waals surface area contributed by atoms with Gasteiger partial charge in [-0.15, -0.1) is 0 Å². The molecule has 1 aliphatic heterocycles. The number of nitrogens with zero attached hydrogens (tertiary/aromatic N) is 3. The maximum atomic E-state index is 5.90. The third-order valence-corrected chi connectivity index (χ3v) is 3.22. The van der Waals surface area contributed by atoms with Crippen LogP contribution in [-0.2, 0) is 4.74 Å². The molecule has 0 radical (unpaired) electrons. The summed E-state index contributed by atoms with van der Waals surface area (Å²) < 4.78 is 11.5. The zero-order valence-corrected chi connectivity index (χ0v) is 12.9. The number of hydrogen-bond donors (Lipinski definition) is 1. The molecule has 112 valence electrons. The number of halogens is 1. The van der Waals surface area contributed by atoms with E-state index >= 15 is 0 Å². The Kier molecular flexibility index (Phi) is 5.37. The van der Waals surface area contributed by atoms with Gasteiger partial charge in [-0.2, -0.15) is 15.0 Å². The summed E-state index contributed by atoms with van der Waals surface area (Å²) in [5.74, 6) is 0.454. The van der Waals surface area contributed by atoms with Crippen LogP contribution in [0.3, 0.4) is 0 Å². The minimum absolute atomic E-state index is 0.0474. The fraction of sp³-hybridized carbons (Fsp3) is 0.769. The van der Waals surface area contributed by atoms with Gasteiger partial charge in [0.1, 0.15) is 6.10 Å². The lowest BCUT2D eigenvalue weighted by molar-refractivity contribution is -0.0738. The first-order valence-electron chi connectivity index (χ1n) is 7.04. The Labute approximate surface area is 124 Å². The lowest BCUT2D eigenvalue weighted by atomic mass is 10.0. The van der Waals surface area contributed by atoms with E-state index in [-0.39, 0.29) is 29.6 Å². The summed E-state index contributed by atoms with van der Waals surface area (Å²) >= 11 is 5.90. The van der Waals surface area contributed by atoms with Crippen molar-refractivity contribution in [3.8, 4) is 6.01 Å². The van der Waals surface area contributed by atoms with Crippen LogP contribution in [0.15, 0.2) is 0 Å². The quantitative estimate of drug-likeness (QED) is 0.901. The van der Waals surface area contributed by atoms with Crippen molar-refractivity contribution in [2.75, 3.05) is 11.9 Å². The molecule has 2 heterocycles. The van der Waals surface area contributed by atoms with E-state index in [1.807, 2.05) is 13.8 Å². The summed E-state index contributed by atoms with van der Waals surface area (Å²) in [5, 5.41) is 3.22. The van der Waals surface area contributed by atoms with Crippen LogP contribution in [0.25, 0.3) is 0 Å². The van der Waals surface area contributed by atoms with Gasteiger partial charge in [0.05, 0.1) is 12.2 Å². The molecule has 0 aliphatic carbocycles. The Morgan fingerprint density at radius 1 is 1.25 bits per heavy atom. The summed E-state index contributed by atoms with van der Waals surface area (Å²) in [5.41, 5.74) is 0. The summed E-state index contributed by atoms with van der Waals surface area (Å²) in [6.45, 7) is 6.93. The lowest BCUT2D eigenvalue weighted by Crippen LogP contribution is -2.36. The molecule has 2 rings (SSSR count). The highest BCUT2D eigenvalue weighted by Crippen LogP contribution is 2.23. The Bertz CT molecular complexity index is 436. The fourth-order valence-electron chi connectivity index (χ4n) is 2.29. The highest BCUT2D eigenvalue weighted by Gasteiger charge is 2.26. The van der Waals surface area contributed by atoms with Crippen molar-refractivity contribution in [2.24, 2.45) is 0 Å². The number of ether oxygens (including phenoxy) is 2. The van der Waals surface area contributed by atoms with E-state index in [0.717, 1.165) is 25.8 Å². The number of aromatic nitrogens is 3. The van der Waals surface area contributed by atoms with Crippen LogP contribution in [0.4, 0.5) is 5.95 Å². The minimum Gasteiger partial charge on any atom is -0.460 e. The third kappa shape index (κ3) is 4.45. The molecule has 0 amide bonds. The maximum absolute atomic E-state index is 5.90. The van der Waals surface area contributed by atoms with Gasteiger partial charge in [0.25, 0.3) is 0 Å². The molecule has 1 N–H and O–H groups in total. The largest absolute Gasteiger partial charge is 0.460 e. The average Bonchev–Trinajstić information content (AvgIpc) is 2.34. The molecule has 1 saturated heterocycles. The average molecular weight is 301 g/mol. The normalized spacial score (nSPS) is 26.3. The molecule has 7 heteroatoms. The van der Waals surface area contributed by atoms with Gasteiger partial charge in [0, 0.05) is 19.4 Å². The molecule has 1 aliphatic rings. The standard InChI is InChI=1S/C13H21ClN4O2/c1-4-5-15-12-16-11(14)17-13(18-12)20-10-6-8(2)19-9(3)7-10/h8-10H,4-7H2,1-3H3,(H,15,16,17,18). The zero-order chi connectivity index (χ0) is 14.5. The van der Waals surface area contributed by atoms with Crippen molar-refractivity contribution in [2.45, 2.75) is 58.3 Å². The lowest BCUT2D eigenvalue weighted by Gasteiger charge is -2.31. The van der Waals surface area contributed by atoms with Gasteiger partial charge in [0.2, 0.25) is 11.2 Å². The molecule has 1 aromatic rings. The number of anilines is 1. The van der Waals surface area contributed by atoms with Crippen LogP contribution in [0.5, 0.6) is 6.01 Å². The van der Waals surface area contributed by atoms with E-state index in [1.165, 1.54) is 0 Å². The second kappa shape index (κ2) is 7.04. The second-order valence-electron chi connectivity index (χ2n) is 5.11. The monoisotopic (exact) mass is 300 g/mol. The SMILES string of the molecule is CCCNc1nc(Cl)nc(OC2CC(C)OC(C)C2)n1. The topological polar surface area (TPSA) is 69.2 Å². The van der Waals surface area contributed by atoms with Crippen molar-refractivity contribution in [3.63, 3.8) is 0 Å². The van der Waals surface area contributed by atoms with E-state index < -0.39 is 0 Å². The van der Waals surface area contributed by atoms with Crippen LogP contribution < -0.4 is 10.1 Å². The van der Waals surface area contributed by atoms with Crippen molar-refractivity contribution < 1.29 is 9.47 Å². The van der Waals surface area contributed by atoms with E-state index in [9.17, 15) is 0 Å². The van der Waals surface area contributed by atoms with Crippen LogP contribution >= 0.6 is 11.6 Å². The van der Waals surface area contributed by atoms with Crippen molar-refractivity contribution in [1.82, 2.24) is 15.0 Å². The van der Waals surface area contributed by atoms with Gasteiger partial charge in [-0.05, 0) is 31.9 Å². The first kappa shape index (κ1) is 15.3. The third-order valence-electron chi connectivity index (χ3n) is 3.05. The molecule has 6 nitrogen and oxygen atoms in total. The van der Waals surface area contributed by atoms with E-state index in [2.05, 4.69) is 27.2 Å². The fourth-order valence-corrected chi connectivity index (χ4v) is 2.44. The number of nitrogens with one attached hydrogen (secondary N) is 1. The summed E-state index contributed by atoms with van der Waals surface area (Å²) in [6, 6.07) is 0.273. The summed E-state index contributed by atoms with van der Waals surface area (Å²) in [7, 11) is 0. The van der Waals surface area contributed by atoms with Gasteiger partial charge in [-0.3, -0.25) is 0 Å². The molecule has 0 aromatic carbocycles. The van der Waals surface area contributed by atoms with E-state index in [0.29, 0.717) is 5.95 Å². The molecule has 0 spiro atoms. The summed E-state index contributed by atoms with van der Waals surface area (Å²) in [6.07, 6.45) is 3.04. The molecule has 2 atom stereocenters. The molecular formula is C13H21ClN4O2. The molecule has 0 saturated carbocycles. The zero-order valence-electron chi connectivity index (χ0n) is 12.1. The smallest absolute Gasteiger partial charge is 0.322 e. The molecular weight excluding hydrogens is 280 g/mol. The van der Waals surface area contributed by atoms with Crippen LogP contribution in [0, 0.1) is 0 Å². The molecule has 2 unspecified atom stereocenters. The first-order chi connectivity index (χ1) is 9.56. The number of rotatable bonds is 5. The Morgan fingerprint density at radius 2 is 1.95 bits per heavy atom. The number of hydrogen-bond acceptors (Lipinski definition) is 6. The predicted molar refractivity (Wildman–Crippen MR) is 77.3 cm³/mol. The van der Waals surface area contributed by atoms with E-state index in [1.54, 1.807) is 0 Å². The Morgan fingerprint density at radius 3 is 2.60 bits per heavy atom. The highest BCUT2D eigenvalue weighted by atomic mass is 35.5. The summed E-state index contributed by atoms with van der Waals surface area (Å²) in [4.78, 5) is 12.3. The molecule has 0 bridgehead atoms. The Hall–Kier alpha value is -1.14. The van der Waals surface area contributed by atoms with Gasteiger partial charge >= 0.3 is 6.01 Å². The molecule has 20 heavy (non-hydrogen) atoms. The second-order valence-corrected chi connectivity index (χ2v) is 5.44.